The Balaban J connectivity index is 0.00000147. The van der Waals surface area contributed by atoms with Gasteiger partial charge in [0.2, 0.25) is 0 Å². The highest BCUT2D eigenvalue weighted by Gasteiger charge is 2.14. The number of halogens is 1. The Morgan fingerprint density at radius 3 is 3.05 bits per heavy atom. The first kappa shape index (κ1) is 14.8. The molecule has 1 unspecified atom stereocenters. The largest absolute Gasteiger partial charge is 0.493 e. The van der Waals surface area contributed by atoms with Gasteiger partial charge in [-0.3, -0.25) is 0 Å². The lowest BCUT2D eigenvalue weighted by Crippen LogP contribution is -2.15. The van der Waals surface area contributed by atoms with E-state index in [1.54, 1.807) is 13.3 Å². The molecule has 2 aromatic rings. The molecule has 0 aliphatic carbocycles. The van der Waals surface area contributed by atoms with Gasteiger partial charge in [-0.25, -0.2) is 4.98 Å². The van der Waals surface area contributed by atoms with Crippen LogP contribution < -0.4 is 14.8 Å². The number of rotatable bonds is 4. The van der Waals surface area contributed by atoms with Gasteiger partial charge in [-0.1, -0.05) is 0 Å². The first-order valence-corrected chi connectivity index (χ1v) is 6.49. The van der Waals surface area contributed by atoms with E-state index in [0.717, 1.165) is 36.3 Å². The standard InChI is InChI=1S/C14H17N3O2.ClH/c1-18-14-16-8-11-6-12(2-3-13(11)17-14)19-9-10-4-5-15-7-10;/h2-3,6,8,10,15H,4-5,7,9H2,1H3;1H. The quantitative estimate of drug-likeness (QED) is 0.935. The van der Waals surface area contributed by atoms with E-state index in [1.807, 2.05) is 18.2 Å². The van der Waals surface area contributed by atoms with Gasteiger partial charge in [0.05, 0.1) is 19.2 Å². The molecule has 108 valence electrons. The molecule has 0 amide bonds. The zero-order chi connectivity index (χ0) is 13.1. The van der Waals surface area contributed by atoms with Gasteiger partial charge in [-0.15, -0.1) is 12.4 Å². The molecule has 1 atom stereocenters. The van der Waals surface area contributed by atoms with Crippen molar-refractivity contribution in [3.63, 3.8) is 0 Å². The Bertz CT molecular complexity index is 573. The topological polar surface area (TPSA) is 56.3 Å². The summed E-state index contributed by atoms with van der Waals surface area (Å²) in [5.74, 6) is 1.48. The van der Waals surface area contributed by atoms with Crippen molar-refractivity contribution in [2.75, 3.05) is 26.8 Å². The summed E-state index contributed by atoms with van der Waals surface area (Å²) in [5.41, 5.74) is 0.863. The number of ether oxygens (including phenoxy) is 2. The summed E-state index contributed by atoms with van der Waals surface area (Å²) in [6.45, 7) is 2.91. The Kier molecular flexibility index (Phi) is 4.98. The predicted octanol–water partition coefficient (Wildman–Crippen LogP) is 2.05. The van der Waals surface area contributed by atoms with Crippen LogP contribution in [0.15, 0.2) is 24.4 Å². The first-order chi connectivity index (χ1) is 9.35. The third-order valence-electron chi connectivity index (χ3n) is 3.36. The van der Waals surface area contributed by atoms with Crippen LogP contribution >= 0.6 is 12.4 Å². The maximum atomic E-state index is 5.83. The summed E-state index contributed by atoms with van der Waals surface area (Å²) in [7, 11) is 1.56. The summed E-state index contributed by atoms with van der Waals surface area (Å²) in [6.07, 6.45) is 2.94. The van der Waals surface area contributed by atoms with Crippen LogP contribution in [0.1, 0.15) is 6.42 Å². The third-order valence-corrected chi connectivity index (χ3v) is 3.36. The summed E-state index contributed by atoms with van der Waals surface area (Å²) < 4.78 is 10.8. The van der Waals surface area contributed by atoms with E-state index < -0.39 is 0 Å². The van der Waals surface area contributed by atoms with Gasteiger partial charge in [0.1, 0.15) is 5.75 Å². The molecule has 6 heteroatoms. The van der Waals surface area contributed by atoms with Crippen molar-refractivity contribution in [1.29, 1.82) is 0 Å². The summed E-state index contributed by atoms with van der Waals surface area (Å²) >= 11 is 0. The van der Waals surface area contributed by atoms with Crippen molar-refractivity contribution in [3.8, 4) is 11.8 Å². The maximum Gasteiger partial charge on any atom is 0.316 e. The number of benzene rings is 1. The van der Waals surface area contributed by atoms with Gasteiger partial charge in [-0.2, -0.15) is 4.98 Å². The molecular weight excluding hydrogens is 278 g/mol. The normalized spacial score (nSPS) is 17.8. The fraction of sp³-hybridized carbons (Fsp3) is 0.429. The van der Waals surface area contributed by atoms with Crippen LogP contribution in [0.5, 0.6) is 11.8 Å². The number of methoxy groups -OCH3 is 1. The Morgan fingerprint density at radius 1 is 1.40 bits per heavy atom. The number of hydrogen-bond acceptors (Lipinski definition) is 5. The van der Waals surface area contributed by atoms with Crippen LogP contribution in [-0.4, -0.2) is 36.8 Å². The molecule has 1 aliphatic rings. The molecule has 0 saturated carbocycles. The number of nitrogens with zero attached hydrogens (tertiary/aromatic N) is 2. The predicted molar refractivity (Wildman–Crippen MR) is 79.8 cm³/mol. The van der Waals surface area contributed by atoms with Gasteiger partial charge >= 0.3 is 6.01 Å². The third kappa shape index (κ3) is 3.29. The van der Waals surface area contributed by atoms with E-state index in [9.17, 15) is 0 Å². The highest BCUT2D eigenvalue weighted by Crippen LogP contribution is 2.21. The van der Waals surface area contributed by atoms with Crippen molar-refractivity contribution >= 4 is 23.3 Å². The maximum absolute atomic E-state index is 5.83. The highest BCUT2D eigenvalue weighted by molar-refractivity contribution is 5.85. The minimum atomic E-state index is 0. The Morgan fingerprint density at radius 2 is 2.30 bits per heavy atom. The van der Waals surface area contributed by atoms with E-state index in [4.69, 9.17) is 9.47 Å². The van der Waals surface area contributed by atoms with Crippen molar-refractivity contribution in [1.82, 2.24) is 15.3 Å². The molecule has 0 bridgehead atoms. The van der Waals surface area contributed by atoms with Crippen LogP contribution in [0.4, 0.5) is 0 Å². The Labute approximate surface area is 124 Å². The molecule has 1 N–H and O–H groups in total. The number of nitrogens with one attached hydrogen (secondary N) is 1. The fourth-order valence-corrected chi connectivity index (χ4v) is 2.25. The van der Waals surface area contributed by atoms with Crippen LogP contribution in [0.3, 0.4) is 0 Å². The second-order valence-corrected chi connectivity index (χ2v) is 4.75. The second kappa shape index (κ2) is 6.72. The van der Waals surface area contributed by atoms with Crippen molar-refractivity contribution in [2.24, 2.45) is 5.92 Å². The monoisotopic (exact) mass is 295 g/mol. The lowest BCUT2D eigenvalue weighted by atomic mass is 10.1. The first-order valence-electron chi connectivity index (χ1n) is 6.49. The van der Waals surface area contributed by atoms with E-state index in [0.29, 0.717) is 11.9 Å². The lowest BCUT2D eigenvalue weighted by Gasteiger charge is -2.11. The molecular formula is C14H18ClN3O2. The van der Waals surface area contributed by atoms with Crippen LogP contribution in [0, 0.1) is 5.92 Å². The molecule has 2 heterocycles. The van der Waals surface area contributed by atoms with Crippen molar-refractivity contribution in [2.45, 2.75) is 6.42 Å². The smallest absolute Gasteiger partial charge is 0.316 e. The molecule has 20 heavy (non-hydrogen) atoms. The van der Waals surface area contributed by atoms with Gasteiger partial charge in [-0.05, 0) is 31.2 Å². The van der Waals surface area contributed by atoms with Gasteiger partial charge in [0, 0.05) is 24.0 Å². The van der Waals surface area contributed by atoms with Crippen molar-refractivity contribution < 1.29 is 9.47 Å². The van der Waals surface area contributed by atoms with E-state index in [2.05, 4.69) is 15.3 Å². The Hall–Kier alpha value is -1.59. The minimum absolute atomic E-state index is 0. The van der Waals surface area contributed by atoms with E-state index in [-0.39, 0.29) is 12.4 Å². The van der Waals surface area contributed by atoms with Gasteiger partial charge < -0.3 is 14.8 Å². The van der Waals surface area contributed by atoms with Crippen LogP contribution in [0.25, 0.3) is 10.9 Å². The highest BCUT2D eigenvalue weighted by atomic mass is 35.5. The number of hydrogen-bond donors (Lipinski definition) is 1. The molecule has 1 aromatic heterocycles. The van der Waals surface area contributed by atoms with Gasteiger partial charge in [0.15, 0.2) is 0 Å². The zero-order valence-corrected chi connectivity index (χ0v) is 12.2. The summed E-state index contributed by atoms with van der Waals surface area (Å²) in [5, 5.41) is 4.30. The van der Waals surface area contributed by atoms with Crippen LogP contribution in [0.2, 0.25) is 0 Å². The zero-order valence-electron chi connectivity index (χ0n) is 11.3. The lowest BCUT2D eigenvalue weighted by molar-refractivity contribution is 0.260. The molecule has 1 aromatic carbocycles. The van der Waals surface area contributed by atoms with E-state index >= 15 is 0 Å². The van der Waals surface area contributed by atoms with Crippen LogP contribution in [-0.2, 0) is 0 Å². The molecule has 1 fully saturated rings. The molecule has 0 radical (unpaired) electrons. The molecule has 1 aliphatic heterocycles. The SMILES string of the molecule is COc1ncc2cc(OCC3CCNC3)ccc2n1.Cl. The van der Waals surface area contributed by atoms with Crippen molar-refractivity contribution in [3.05, 3.63) is 24.4 Å². The summed E-state index contributed by atoms with van der Waals surface area (Å²) in [4.78, 5) is 8.38. The summed E-state index contributed by atoms with van der Waals surface area (Å²) in [6, 6.07) is 6.23. The van der Waals surface area contributed by atoms with Gasteiger partial charge in [0.25, 0.3) is 0 Å². The molecule has 5 nitrogen and oxygen atoms in total. The minimum Gasteiger partial charge on any atom is -0.493 e. The second-order valence-electron chi connectivity index (χ2n) is 4.75. The molecule has 3 rings (SSSR count). The molecule has 1 saturated heterocycles. The van der Waals surface area contributed by atoms with E-state index in [1.165, 1.54) is 6.42 Å². The molecule has 0 spiro atoms. The average molecular weight is 296 g/mol. The average Bonchev–Trinajstić information content (AvgIpc) is 2.97. The number of fused-ring (bicyclic) bond motifs is 1. The number of aromatic nitrogens is 2. The fourth-order valence-electron chi connectivity index (χ4n) is 2.25.